The summed E-state index contributed by atoms with van der Waals surface area (Å²) < 4.78 is 7.49. The summed E-state index contributed by atoms with van der Waals surface area (Å²) in [5, 5.41) is 0.950. The molecule has 0 atom stereocenters. The van der Waals surface area contributed by atoms with E-state index in [9.17, 15) is 4.79 Å². The van der Waals surface area contributed by atoms with Gasteiger partial charge >= 0.3 is 0 Å². The molecular formula is C13H15NO2. The van der Waals surface area contributed by atoms with Gasteiger partial charge in [0.25, 0.3) is 0 Å². The molecule has 2 aromatic rings. The molecule has 0 aliphatic rings. The van der Waals surface area contributed by atoms with Crippen LogP contribution in [0.2, 0.25) is 0 Å². The average Bonchev–Trinajstić information content (AvgIpc) is 2.63. The summed E-state index contributed by atoms with van der Waals surface area (Å²) in [5.41, 5.74) is 1.75. The fourth-order valence-electron chi connectivity index (χ4n) is 1.81. The minimum atomic E-state index is 0.703. The minimum Gasteiger partial charge on any atom is -0.494 e. The van der Waals surface area contributed by atoms with E-state index in [1.807, 2.05) is 36.0 Å². The monoisotopic (exact) mass is 217 g/mol. The Kier molecular flexibility index (Phi) is 2.95. The van der Waals surface area contributed by atoms with Gasteiger partial charge in [0, 0.05) is 29.7 Å². The number of aldehydes is 1. The summed E-state index contributed by atoms with van der Waals surface area (Å²) in [4.78, 5) is 10.9. The quantitative estimate of drug-likeness (QED) is 0.737. The smallest absolute Gasteiger partial charge is 0.152 e. The topological polar surface area (TPSA) is 31.2 Å². The van der Waals surface area contributed by atoms with Crippen molar-refractivity contribution >= 4 is 17.2 Å². The standard InChI is InChI=1S/C13H15NO2/c1-3-6-16-11-4-5-13-12(7-11)10(9-15)8-14(13)2/h4-5,7-9H,3,6H2,1-2H3. The second-order valence-corrected chi connectivity index (χ2v) is 3.84. The van der Waals surface area contributed by atoms with E-state index in [0.29, 0.717) is 12.2 Å². The van der Waals surface area contributed by atoms with Crippen LogP contribution < -0.4 is 4.74 Å². The highest BCUT2D eigenvalue weighted by molar-refractivity contribution is 5.98. The maximum absolute atomic E-state index is 10.9. The molecule has 0 saturated carbocycles. The molecule has 2 rings (SSSR count). The summed E-state index contributed by atoms with van der Waals surface area (Å²) >= 11 is 0. The molecule has 0 unspecified atom stereocenters. The number of rotatable bonds is 4. The Hall–Kier alpha value is -1.77. The third kappa shape index (κ3) is 1.81. The number of fused-ring (bicyclic) bond motifs is 1. The first-order valence-electron chi connectivity index (χ1n) is 5.43. The van der Waals surface area contributed by atoms with Crippen LogP contribution in [0.1, 0.15) is 23.7 Å². The van der Waals surface area contributed by atoms with Crippen molar-refractivity contribution in [3.8, 4) is 5.75 Å². The van der Waals surface area contributed by atoms with Gasteiger partial charge in [-0.3, -0.25) is 4.79 Å². The van der Waals surface area contributed by atoms with Gasteiger partial charge in [-0.05, 0) is 24.6 Å². The number of ether oxygens (including phenoxy) is 1. The lowest BCUT2D eigenvalue weighted by Crippen LogP contribution is -1.94. The van der Waals surface area contributed by atoms with Gasteiger partial charge < -0.3 is 9.30 Å². The van der Waals surface area contributed by atoms with E-state index in [1.54, 1.807) is 0 Å². The van der Waals surface area contributed by atoms with Gasteiger partial charge in [-0.15, -0.1) is 0 Å². The van der Waals surface area contributed by atoms with Crippen LogP contribution in [-0.4, -0.2) is 17.5 Å². The number of carbonyl (C=O) groups excluding carboxylic acids is 1. The minimum absolute atomic E-state index is 0.703. The van der Waals surface area contributed by atoms with Gasteiger partial charge in [-0.2, -0.15) is 0 Å². The highest BCUT2D eigenvalue weighted by Gasteiger charge is 2.06. The van der Waals surface area contributed by atoms with Crippen molar-refractivity contribution < 1.29 is 9.53 Å². The van der Waals surface area contributed by atoms with Crippen molar-refractivity contribution in [1.82, 2.24) is 4.57 Å². The Morgan fingerprint density at radius 2 is 2.25 bits per heavy atom. The second-order valence-electron chi connectivity index (χ2n) is 3.84. The van der Waals surface area contributed by atoms with E-state index >= 15 is 0 Å². The van der Waals surface area contributed by atoms with Crippen LogP contribution in [0, 0.1) is 0 Å². The van der Waals surface area contributed by atoms with Gasteiger partial charge in [0.05, 0.1) is 6.61 Å². The molecular weight excluding hydrogens is 202 g/mol. The molecule has 84 valence electrons. The molecule has 0 radical (unpaired) electrons. The number of aryl methyl sites for hydroxylation is 1. The zero-order valence-corrected chi connectivity index (χ0v) is 9.56. The zero-order chi connectivity index (χ0) is 11.5. The Morgan fingerprint density at radius 3 is 2.94 bits per heavy atom. The predicted octanol–water partition coefficient (Wildman–Crippen LogP) is 2.78. The van der Waals surface area contributed by atoms with Crippen molar-refractivity contribution in [3.05, 3.63) is 30.0 Å². The molecule has 0 saturated heterocycles. The molecule has 0 aliphatic carbocycles. The molecule has 16 heavy (non-hydrogen) atoms. The van der Waals surface area contributed by atoms with Crippen LogP contribution in [0.25, 0.3) is 10.9 Å². The SMILES string of the molecule is CCCOc1ccc2c(c1)c(C=O)cn2C. The lowest BCUT2D eigenvalue weighted by molar-refractivity contribution is 0.112. The molecule has 0 fully saturated rings. The number of nitrogens with zero attached hydrogens (tertiary/aromatic N) is 1. The van der Waals surface area contributed by atoms with Crippen LogP contribution in [-0.2, 0) is 7.05 Å². The number of hydrogen-bond donors (Lipinski definition) is 0. The van der Waals surface area contributed by atoms with Crippen molar-refractivity contribution in [1.29, 1.82) is 0 Å². The van der Waals surface area contributed by atoms with Gasteiger partial charge in [-0.25, -0.2) is 0 Å². The number of hydrogen-bond acceptors (Lipinski definition) is 2. The van der Waals surface area contributed by atoms with Gasteiger partial charge in [0.15, 0.2) is 6.29 Å². The van der Waals surface area contributed by atoms with E-state index in [4.69, 9.17) is 4.74 Å². The lowest BCUT2D eigenvalue weighted by Gasteiger charge is -2.04. The first-order chi connectivity index (χ1) is 7.76. The number of benzene rings is 1. The Bertz CT molecular complexity index is 514. The number of carbonyl (C=O) groups is 1. The average molecular weight is 217 g/mol. The maximum atomic E-state index is 10.9. The molecule has 0 aliphatic heterocycles. The van der Waals surface area contributed by atoms with Crippen LogP contribution in [0.15, 0.2) is 24.4 Å². The first kappa shape index (κ1) is 10.7. The predicted molar refractivity (Wildman–Crippen MR) is 64.1 cm³/mol. The van der Waals surface area contributed by atoms with Gasteiger partial charge in [-0.1, -0.05) is 6.92 Å². The summed E-state index contributed by atoms with van der Waals surface area (Å²) in [6.45, 7) is 2.77. The lowest BCUT2D eigenvalue weighted by atomic mass is 10.2. The summed E-state index contributed by atoms with van der Waals surface area (Å²) in [5.74, 6) is 0.823. The van der Waals surface area contributed by atoms with Crippen LogP contribution in [0.3, 0.4) is 0 Å². The Morgan fingerprint density at radius 1 is 1.44 bits per heavy atom. The molecule has 0 amide bonds. The Labute approximate surface area is 94.6 Å². The molecule has 1 aromatic heterocycles. The van der Waals surface area contributed by atoms with Crippen molar-refractivity contribution in [3.63, 3.8) is 0 Å². The van der Waals surface area contributed by atoms with E-state index in [-0.39, 0.29) is 0 Å². The largest absolute Gasteiger partial charge is 0.494 e. The molecule has 1 heterocycles. The second kappa shape index (κ2) is 4.39. The van der Waals surface area contributed by atoms with Gasteiger partial charge in [0.1, 0.15) is 5.75 Å². The molecule has 3 nitrogen and oxygen atoms in total. The molecule has 3 heteroatoms. The van der Waals surface area contributed by atoms with Crippen LogP contribution >= 0.6 is 0 Å². The molecule has 0 spiro atoms. The van der Waals surface area contributed by atoms with Gasteiger partial charge in [0.2, 0.25) is 0 Å². The third-order valence-electron chi connectivity index (χ3n) is 2.59. The van der Waals surface area contributed by atoms with Crippen molar-refractivity contribution in [2.75, 3.05) is 6.61 Å². The fraction of sp³-hybridized carbons (Fsp3) is 0.308. The molecule has 1 aromatic carbocycles. The highest BCUT2D eigenvalue weighted by Crippen LogP contribution is 2.24. The normalized spacial score (nSPS) is 10.6. The molecule has 0 bridgehead atoms. The third-order valence-corrected chi connectivity index (χ3v) is 2.59. The summed E-state index contributed by atoms with van der Waals surface area (Å²) in [6, 6.07) is 5.84. The van der Waals surface area contributed by atoms with Crippen LogP contribution in [0.5, 0.6) is 5.75 Å². The zero-order valence-electron chi connectivity index (χ0n) is 9.56. The summed E-state index contributed by atoms with van der Waals surface area (Å²) in [7, 11) is 1.93. The van der Waals surface area contributed by atoms with E-state index in [1.165, 1.54) is 0 Å². The van der Waals surface area contributed by atoms with Crippen LogP contribution in [0.4, 0.5) is 0 Å². The summed E-state index contributed by atoms with van der Waals surface area (Å²) in [6.07, 6.45) is 3.70. The van der Waals surface area contributed by atoms with Crippen molar-refractivity contribution in [2.24, 2.45) is 7.05 Å². The first-order valence-corrected chi connectivity index (χ1v) is 5.43. The maximum Gasteiger partial charge on any atom is 0.152 e. The highest BCUT2D eigenvalue weighted by atomic mass is 16.5. The van der Waals surface area contributed by atoms with Crippen molar-refractivity contribution in [2.45, 2.75) is 13.3 Å². The number of aromatic nitrogens is 1. The Balaban J connectivity index is 2.47. The van der Waals surface area contributed by atoms with E-state index in [0.717, 1.165) is 29.4 Å². The molecule has 0 N–H and O–H groups in total. The fourth-order valence-corrected chi connectivity index (χ4v) is 1.81. The van der Waals surface area contributed by atoms with E-state index in [2.05, 4.69) is 6.92 Å². The van der Waals surface area contributed by atoms with E-state index < -0.39 is 0 Å².